The molecule has 1 aliphatic carbocycles. The van der Waals surface area contributed by atoms with Crippen molar-refractivity contribution in [3.8, 4) is 0 Å². The lowest BCUT2D eigenvalue weighted by Gasteiger charge is -2.24. The third-order valence-electron chi connectivity index (χ3n) is 4.37. The van der Waals surface area contributed by atoms with Crippen molar-refractivity contribution in [3.05, 3.63) is 0 Å². The second-order valence-electron chi connectivity index (χ2n) is 6.88. The zero-order chi connectivity index (χ0) is 13.5. The Morgan fingerprint density at radius 1 is 1.44 bits per heavy atom. The molecule has 0 unspecified atom stereocenters. The van der Waals surface area contributed by atoms with E-state index in [4.69, 9.17) is 0 Å². The molecule has 1 saturated heterocycles. The lowest BCUT2D eigenvalue weighted by molar-refractivity contribution is -0.128. The minimum atomic E-state index is -0.342. The van der Waals surface area contributed by atoms with E-state index in [-0.39, 0.29) is 17.2 Å². The van der Waals surface area contributed by atoms with Gasteiger partial charge in [-0.15, -0.1) is 0 Å². The van der Waals surface area contributed by atoms with Gasteiger partial charge >= 0.3 is 0 Å². The van der Waals surface area contributed by atoms with Gasteiger partial charge in [-0.25, -0.2) is 0 Å². The Kier molecular flexibility index (Phi) is 3.39. The molecule has 0 aromatic heterocycles. The number of rotatable bonds is 2. The summed E-state index contributed by atoms with van der Waals surface area (Å²) in [6.07, 6.45) is 1.68. The van der Waals surface area contributed by atoms with E-state index in [2.05, 4.69) is 17.6 Å². The van der Waals surface area contributed by atoms with Gasteiger partial charge in [0.1, 0.15) is 0 Å². The average Bonchev–Trinajstić information content (AvgIpc) is 2.69. The first-order valence-electron chi connectivity index (χ1n) is 6.86. The minimum absolute atomic E-state index is 0.0930. The van der Waals surface area contributed by atoms with Crippen LogP contribution in [0.4, 0.5) is 0 Å². The van der Waals surface area contributed by atoms with E-state index in [1.54, 1.807) is 0 Å². The summed E-state index contributed by atoms with van der Waals surface area (Å²) in [5.41, 5.74) is -0.342. The molecule has 2 N–H and O–H groups in total. The lowest BCUT2D eigenvalue weighted by atomic mass is 9.88. The van der Waals surface area contributed by atoms with Crippen molar-refractivity contribution >= 4 is 11.8 Å². The van der Waals surface area contributed by atoms with Crippen LogP contribution in [0.5, 0.6) is 0 Å². The second-order valence-corrected chi connectivity index (χ2v) is 6.88. The summed E-state index contributed by atoms with van der Waals surface area (Å²) in [6.45, 7) is 8.68. The Bertz CT molecular complexity index is 359. The van der Waals surface area contributed by atoms with E-state index in [1.165, 1.54) is 0 Å². The van der Waals surface area contributed by atoms with Crippen molar-refractivity contribution in [1.29, 1.82) is 0 Å². The van der Waals surface area contributed by atoms with Crippen LogP contribution in [0, 0.1) is 23.2 Å². The molecule has 0 spiro atoms. The maximum atomic E-state index is 11.9. The minimum Gasteiger partial charge on any atom is -0.355 e. The molecule has 4 nitrogen and oxygen atoms in total. The first-order valence-corrected chi connectivity index (χ1v) is 6.86. The standard InChI is InChI=1S/C14H24N2O2/c1-8-5-11-9(6-12(17)16-11)10(8)7-15-13(18)14(2,3)4/h8-11H,5-7H2,1-4H3,(H,15,18)(H,16,17)/t8-,9-,10+,11+/m0/s1. The zero-order valence-electron chi connectivity index (χ0n) is 11.7. The van der Waals surface area contributed by atoms with Crippen molar-refractivity contribution in [1.82, 2.24) is 10.6 Å². The molecule has 18 heavy (non-hydrogen) atoms. The zero-order valence-corrected chi connectivity index (χ0v) is 11.7. The molecule has 0 aromatic carbocycles. The highest BCUT2D eigenvalue weighted by atomic mass is 16.2. The molecular weight excluding hydrogens is 228 g/mol. The fourth-order valence-electron chi connectivity index (χ4n) is 3.24. The topological polar surface area (TPSA) is 58.2 Å². The highest BCUT2D eigenvalue weighted by Gasteiger charge is 2.46. The molecule has 0 aromatic rings. The normalized spacial score (nSPS) is 35.2. The molecule has 2 rings (SSSR count). The van der Waals surface area contributed by atoms with Crippen molar-refractivity contribution in [2.45, 2.75) is 46.6 Å². The van der Waals surface area contributed by atoms with E-state index in [1.807, 2.05) is 20.8 Å². The largest absolute Gasteiger partial charge is 0.355 e. The molecule has 0 radical (unpaired) electrons. The van der Waals surface area contributed by atoms with Gasteiger partial charge in [0.15, 0.2) is 0 Å². The van der Waals surface area contributed by atoms with Gasteiger partial charge in [-0.05, 0) is 24.2 Å². The molecule has 0 bridgehead atoms. The number of hydrogen-bond acceptors (Lipinski definition) is 2. The molecule has 1 heterocycles. The Labute approximate surface area is 109 Å². The van der Waals surface area contributed by atoms with Crippen molar-refractivity contribution < 1.29 is 9.59 Å². The van der Waals surface area contributed by atoms with Crippen molar-refractivity contribution in [2.24, 2.45) is 23.2 Å². The summed E-state index contributed by atoms with van der Waals surface area (Å²) in [6, 6.07) is 0.337. The van der Waals surface area contributed by atoms with E-state index >= 15 is 0 Å². The fraction of sp³-hybridized carbons (Fsp3) is 0.857. The number of nitrogens with one attached hydrogen (secondary N) is 2. The highest BCUT2D eigenvalue weighted by Crippen LogP contribution is 2.41. The summed E-state index contributed by atoms with van der Waals surface area (Å²) in [5, 5.41) is 6.09. The number of fused-ring (bicyclic) bond motifs is 1. The number of carbonyl (C=O) groups excluding carboxylic acids is 2. The van der Waals surface area contributed by atoms with Crippen molar-refractivity contribution in [2.75, 3.05) is 6.54 Å². The van der Waals surface area contributed by atoms with E-state index in [9.17, 15) is 9.59 Å². The lowest BCUT2D eigenvalue weighted by Crippen LogP contribution is -2.39. The molecule has 2 amide bonds. The van der Waals surface area contributed by atoms with E-state index in [0.29, 0.717) is 36.8 Å². The summed E-state index contributed by atoms with van der Waals surface area (Å²) in [7, 11) is 0. The van der Waals surface area contributed by atoms with Gasteiger partial charge in [0.25, 0.3) is 0 Å². The van der Waals surface area contributed by atoms with Gasteiger partial charge in [0.2, 0.25) is 11.8 Å². The highest BCUT2D eigenvalue weighted by molar-refractivity contribution is 5.81. The SMILES string of the molecule is C[C@H]1C[C@H]2NC(=O)C[C@H]2[C@@H]1CNC(=O)C(C)(C)C. The Morgan fingerprint density at radius 2 is 2.11 bits per heavy atom. The van der Waals surface area contributed by atoms with Gasteiger partial charge in [-0.1, -0.05) is 27.7 Å². The van der Waals surface area contributed by atoms with Gasteiger partial charge in [-0.3, -0.25) is 9.59 Å². The average molecular weight is 252 g/mol. The second kappa shape index (κ2) is 4.56. The van der Waals surface area contributed by atoms with Crippen LogP contribution >= 0.6 is 0 Å². The molecule has 4 heteroatoms. The molecule has 102 valence electrons. The van der Waals surface area contributed by atoms with Crippen LogP contribution in [0.1, 0.15) is 40.5 Å². The van der Waals surface area contributed by atoms with Gasteiger partial charge < -0.3 is 10.6 Å². The smallest absolute Gasteiger partial charge is 0.225 e. The third kappa shape index (κ3) is 2.52. The van der Waals surface area contributed by atoms with Crippen LogP contribution in [-0.2, 0) is 9.59 Å². The molecular formula is C14H24N2O2. The Morgan fingerprint density at radius 3 is 2.72 bits per heavy atom. The van der Waals surface area contributed by atoms with Gasteiger partial charge in [0.05, 0.1) is 0 Å². The van der Waals surface area contributed by atoms with E-state index in [0.717, 1.165) is 6.42 Å². The third-order valence-corrected chi connectivity index (χ3v) is 4.37. The molecule has 4 atom stereocenters. The van der Waals surface area contributed by atoms with Crippen LogP contribution in [0.15, 0.2) is 0 Å². The summed E-state index contributed by atoms with van der Waals surface area (Å²) >= 11 is 0. The summed E-state index contributed by atoms with van der Waals surface area (Å²) < 4.78 is 0. The first-order chi connectivity index (χ1) is 8.29. The maximum Gasteiger partial charge on any atom is 0.225 e. The predicted octanol–water partition coefficient (Wildman–Crippen LogP) is 1.31. The maximum absolute atomic E-state index is 11.9. The van der Waals surface area contributed by atoms with Crippen LogP contribution in [0.3, 0.4) is 0 Å². The first kappa shape index (κ1) is 13.4. The van der Waals surface area contributed by atoms with Crippen molar-refractivity contribution in [3.63, 3.8) is 0 Å². The monoisotopic (exact) mass is 252 g/mol. The summed E-state index contributed by atoms with van der Waals surface area (Å²) in [5.74, 6) is 1.67. The van der Waals surface area contributed by atoms with Crippen LogP contribution in [0.2, 0.25) is 0 Å². The molecule has 2 fully saturated rings. The molecule has 1 saturated carbocycles. The predicted molar refractivity (Wildman–Crippen MR) is 69.8 cm³/mol. The number of carbonyl (C=O) groups is 2. The summed E-state index contributed by atoms with van der Waals surface area (Å²) in [4.78, 5) is 23.3. The quantitative estimate of drug-likeness (QED) is 0.778. The van der Waals surface area contributed by atoms with Crippen LogP contribution in [-0.4, -0.2) is 24.4 Å². The molecule has 1 aliphatic heterocycles. The molecule has 2 aliphatic rings. The number of amides is 2. The van der Waals surface area contributed by atoms with Gasteiger partial charge in [-0.2, -0.15) is 0 Å². The van der Waals surface area contributed by atoms with Crippen LogP contribution in [0.25, 0.3) is 0 Å². The Balaban J connectivity index is 1.93. The van der Waals surface area contributed by atoms with E-state index < -0.39 is 0 Å². The Hall–Kier alpha value is -1.06. The van der Waals surface area contributed by atoms with Crippen LogP contribution < -0.4 is 10.6 Å². The van der Waals surface area contributed by atoms with Gasteiger partial charge in [0, 0.05) is 24.4 Å². The number of hydrogen-bond donors (Lipinski definition) is 2. The fourth-order valence-corrected chi connectivity index (χ4v) is 3.24.